The van der Waals surface area contributed by atoms with Crippen LogP contribution in [0.4, 0.5) is 5.69 Å². The van der Waals surface area contributed by atoms with E-state index in [1.807, 2.05) is 12.4 Å². The van der Waals surface area contributed by atoms with Gasteiger partial charge >= 0.3 is 0 Å². The van der Waals surface area contributed by atoms with E-state index >= 15 is 0 Å². The summed E-state index contributed by atoms with van der Waals surface area (Å²) in [5.41, 5.74) is 1.24. The Balaban J connectivity index is 2.14. The van der Waals surface area contributed by atoms with Gasteiger partial charge in [-0.1, -0.05) is 0 Å². The first kappa shape index (κ1) is 9.00. The lowest BCUT2D eigenvalue weighted by Gasteiger charge is -2.28. The SMILES string of the molecule is Brc1cncc(N2CCCCC2)c1. The van der Waals surface area contributed by atoms with E-state index < -0.39 is 0 Å². The second kappa shape index (κ2) is 4.09. The molecule has 2 nitrogen and oxygen atoms in total. The Hall–Kier alpha value is -0.570. The van der Waals surface area contributed by atoms with E-state index in [1.165, 1.54) is 38.0 Å². The molecule has 1 aromatic heterocycles. The lowest BCUT2D eigenvalue weighted by Crippen LogP contribution is -2.29. The average molecular weight is 241 g/mol. The maximum atomic E-state index is 4.17. The number of rotatable bonds is 1. The van der Waals surface area contributed by atoms with Crippen molar-refractivity contribution in [1.29, 1.82) is 0 Å². The summed E-state index contributed by atoms with van der Waals surface area (Å²) in [6.07, 6.45) is 7.76. The minimum atomic E-state index is 1.07. The minimum absolute atomic E-state index is 1.07. The summed E-state index contributed by atoms with van der Waals surface area (Å²) < 4.78 is 1.07. The molecule has 0 saturated carbocycles. The van der Waals surface area contributed by atoms with E-state index in [0.29, 0.717) is 0 Å². The number of aromatic nitrogens is 1. The molecule has 3 heteroatoms. The zero-order valence-corrected chi connectivity index (χ0v) is 9.13. The maximum Gasteiger partial charge on any atom is 0.0564 e. The molecule has 0 aromatic carbocycles. The Kier molecular flexibility index (Phi) is 2.83. The second-order valence-electron chi connectivity index (χ2n) is 3.41. The Labute approximate surface area is 87.1 Å². The third-order valence-corrected chi connectivity index (χ3v) is 2.85. The fourth-order valence-electron chi connectivity index (χ4n) is 1.73. The topological polar surface area (TPSA) is 16.1 Å². The Morgan fingerprint density at radius 3 is 2.62 bits per heavy atom. The van der Waals surface area contributed by atoms with Crippen molar-refractivity contribution in [2.75, 3.05) is 18.0 Å². The molecule has 70 valence electrons. The van der Waals surface area contributed by atoms with Crippen LogP contribution in [0.5, 0.6) is 0 Å². The van der Waals surface area contributed by atoms with Crippen molar-refractivity contribution in [2.45, 2.75) is 19.3 Å². The largest absolute Gasteiger partial charge is 0.370 e. The highest BCUT2D eigenvalue weighted by molar-refractivity contribution is 9.10. The van der Waals surface area contributed by atoms with Crippen LogP contribution in [0.25, 0.3) is 0 Å². The number of nitrogens with zero attached hydrogens (tertiary/aromatic N) is 2. The van der Waals surface area contributed by atoms with Crippen molar-refractivity contribution in [3.8, 4) is 0 Å². The average Bonchev–Trinajstić information content (AvgIpc) is 2.19. The predicted octanol–water partition coefficient (Wildman–Crippen LogP) is 2.83. The fourth-order valence-corrected chi connectivity index (χ4v) is 2.08. The highest BCUT2D eigenvalue weighted by atomic mass is 79.9. The zero-order valence-electron chi connectivity index (χ0n) is 7.54. The van der Waals surface area contributed by atoms with Gasteiger partial charge in [0.2, 0.25) is 0 Å². The number of halogens is 1. The van der Waals surface area contributed by atoms with Gasteiger partial charge in [0.15, 0.2) is 0 Å². The molecule has 1 aliphatic heterocycles. The summed E-state index contributed by atoms with van der Waals surface area (Å²) in [6.45, 7) is 2.36. The van der Waals surface area contributed by atoms with Crippen LogP contribution in [0.1, 0.15) is 19.3 Å². The van der Waals surface area contributed by atoms with E-state index in [-0.39, 0.29) is 0 Å². The molecular formula is C10H13BrN2. The van der Waals surface area contributed by atoms with Crippen LogP contribution in [0.15, 0.2) is 22.9 Å². The third-order valence-electron chi connectivity index (χ3n) is 2.41. The van der Waals surface area contributed by atoms with Crippen LogP contribution in [-0.4, -0.2) is 18.1 Å². The molecule has 0 radical (unpaired) electrons. The zero-order chi connectivity index (χ0) is 9.10. The summed E-state index contributed by atoms with van der Waals surface area (Å²) in [4.78, 5) is 6.57. The van der Waals surface area contributed by atoms with Crippen molar-refractivity contribution < 1.29 is 0 Å². The highest BCUT2D eigenvalue weighted by Crippen LogP contribution is 2.21. The van der Waals surface area contributed by atoms with Crippen LogP contribution >= 0.6 is 15.9 Å². The van der Waals surface area contributed by atoms with Gasteiger partial charge in [0, 0.05) is 23.8 Å². The first-order chi connectivity index (χ1) is 6.36. The van der Waals surface area contributed by atoms with E-state index in [0.717, 1.165) is 4.47 Å². The molecule has 0 N–H and O–H groups in total. The molecule has 13 heavy (non-hydrogen) atoms. The van der Waals surface area contributed by atoms with E-state index in [4.69, 9.17) is 0 Å². The number of pyridine rings is 1. The van der Waals surface area contributed by atoms with Crippen molar-refractivity contribution >= 4 is 21.6 Å². The monoisotopic (exact) mass is 240 g/mol. The molecule has 0 aliphatic carbocycles. The van der Waals surface area contributed by atoms with Gasteiger partial charge < -0.3 is 4.90 Å². The van der Waals surface area contributed by atoms with Crippen LogP contribution in [0.3, 0.4) is 0 Å². The third kappa shape index (κ3) is 2.21. The summed E-state index contributed by atoms with van der Waals surface area (Å²) in [6, 6.07) is 2.14. The van der Waals surface area contributed by atoms with Crippen LogP contribution in [-0.2, 0) is 0 Å². The van der Waals surface area contributed by atoms with Crippen LogP contribution in [0, 0.1) is 0 Å². The van der Waals surface area contributed by atoms with Gasteiger partial charge in [0.05, 0.1) is 11.9 Å². The molecule has 0 spiro atoms. The number of hydrogen-bond acceptors (Lipinski definition) is 2. The molecule has 1 saturated heterocycles. The van der Waals surface area contributed by atoms with Crippen LogP contribution in [0.2, 0.25) is 0 Å². The number of piperidine rings is 1. The highest BCUT2D eigenvalue weighted by Gasteiger charge is 2.10. The maximum absolute atomic E-state index is 4.17. The smallest absolute Gasteiger partial charge is 0.0564 e. The normalized spacial score (nSPS) is 17.5. The minimum Gasteiger partial charge on any atom is -0.370 e. The van der Waals surface area contributed by atoms with Gasteiger partial charge in [-0.3, -0.25) is 4.98 Å². The molecule has 2 heterocycles. The van der Waals surface area contributed by atoms with Crippen molar-refractivity contribution in [3.05, 3.63) is 22.9 Å². The van der Waals surface area contributed by atoms with Crippen molar-refractivity contribution in [3.63, 3.8) is 0 Å². The molecule has 0 unspecified atom stereocenters. The molecular weight excluding hydrogens is 228 g/mol. The van der Waals surface area contributed by atoms with Crippen molar-refractivity contribution in [2.24, 2.45) is 0 Å². The molecule has 0 atom stereocenters. The number of hydrogen-bond donors (Lipinski definition) is 0. The van der Waals surface area contributed by atoms with Gasteiger partial charge in [-0.05, 0) is 41.3 Å². The summed E-state index contributed by atoms with van der Waals surface area (Å²) in [5.74, 6) is 0. The Bertz CT molecular complexity index is 282. The summed E-state index contributed by atoms with van der Waals surface area (Å²) in [7, 11) is 0. The Morgan fingerprint density at radius 1 is 1.15 bits per heavy atom. The fraction of sp³-hybridized carbons (Fsp3) is 0.500. The van der Waals surface area contributed by atoms with Gasteiger partial charge in [-0.15, -0.1) is 0 Å². The molecule has 1 aromatic rings. The Morgan fingerprint density at radius 2 is 1.92 bits per heavy atom. The second-order valence-corrected chi connectivity index (χ2v) is 4.32. The lowest BCUT2D eigenvalue weighted by molar-refractivity contribution is 0.577. The predicted molar refractivity (Wildman–Crippen MR) is 58.0 cm³/mol. The van der Waals surface area contributed by atoms with Gasteiger partial charge in [0.25, 0.3) is 0 Å². The van der Waals surface area contributed by atoms with Gasteiger partial charge in [-0.25, -0.2) is 0 Å². The van der Waals surface area contributed by atoms with Gasteiger partial charge in [0.1, 0.15) is 0 Å². The standard InChI is InChI=1S/C10H13BrN2/c11-9-6-10(8-12-7-9)13-4-2-1-3-5-13/h6-8H,1-5H2. The molecule has 0 amide bonds. The first-order valence-electron chi connectivity index (χ1n) is 4.72. The first-order valence-corrected chi connectivity index (χ1v) is 5.51. The van der Waals surface area contributed by atoms with E-state index in [9.17, 15) is 0 Å². The van der Waals surface area contributed by atoms with Crippen LogP contribution < -0.4 is 4.90 Å². The van der Waals surface area contributed by atoms with Gasteiger partial charge in [-0.2, -0.15) is 0 Å². The molecule has 1 fully saturated rings. The van der Waals surface area contributed by atoms with E-state index in [2.05, 4.69) is 31.9 Å². The molecule has 1 aliphatic rings. The van der Waals surface area contributed by atoms with E-state index in [1.54, 1.807) is 0 Å². The molecule has 2 rings (SSSR count). The number of anilines is 1. The van der Waals surface area contributed by atoms with Crippen molar-refractivity contribution in [1.82, 2.24) is 4.98 Å². The lowest BCUT2D eigenvalue weighted by atomic mass is 10.1. The molecule has 0 bridgehead atoms. The summed E-state index contributed by atoms with van der Waals surface area (Å²) in [5, 5.41) is 0. The summed E-state index contributed by atoms with van der Waals surface area (Å²) >= 11 is 3.44. The quantitative estimate of drug-likeness (QED) is 0.751.